The maximum Gasteiger partial charge on any atom is 0.199 e. The summed E-state index contributed by atoms with van der Waals surface area (Å²) in [4.78, 5) is 12.3. The van der Waals surface area contributed by atoms with Crippen molar-refractivity contribution in [2.24, 2.45) is 0 Å². The van der Waals surface area contributed by atoms with E-state index in [0.717, 1.165) is 5.69 Å². The van der Waals surface area contributed by atoms with Gasteiger partial charge in [-0.2, -0.15) is 5.10 Å². The maximum atomic E-state index is 13.8. The van der Waals surface area contributed by atoms with Crippen LogP contribution in [0.15, 0.2) is 65.4 Å². The highest BCUT2D eigenvalue weighted by Gasteiger charge is 2.16. The molecular formula is C16H10BrFN2O. The Bertz CT molecular complexity index is 799. The molecule has 1 aromatic heterocycles. The van der Waals surface area contributed by atoms with Crippen molar-refractivity contribution in [1.82, 2.24) is 9.78 Å². The molecule has 21 heavy (non-hydrogen) atoms. The Labute approximate surface area is 129 Å². The van der Waals surface area contributed by atoms with Crippen molar-refractivity contribution in [1.29, 1.82) is 0 Å². The van der Waals surface area contributed by atoms with Gasteiger partial charge in [-0.3, -0.25) is 4.79 Å². The van der Waals surface area contributed by atoms with Crippen molar-refractivity contribution in [2.45, 2.75) is 0 Å². The maximum absolute atomic E-state index is 13.8. The zero-order valence-electron chi connectivity index (χ0n) is 10.8. The second kappa shape index (κ2) is 5.61. The Balaban J connectivity index is 1.94. The number of para-hydroxylation sites is 1. The van der Waals surface area contributed by atoms with Gasteiger partial charge in [0.25, 0.3) is 0 Å². The van der Waals surface area contributed by atoms with Gasteiger partial charge in [0.1, 0.15) is 5.82 Å². The number of hydrogen-bond donors (Lipinski definition) is 0. The third kappa shape index (κ3) is 2.78. The van der Waals surface area contributed by atoms with Crippen LogP contribution in [0.25, 0.3) is 5.69 Å². The van der Waals surface area contributed by atoms with Crippen LogP contribution in [0.5, 0.6) is 0 Å². The van der Waals surface area contributed by atoms with Gasteiger partial charge in [0.15, 0.2) is 5.78 Å². The van der Waals surface area contributed by atoms with Crippen molar-refractivity contribution < 1.29 is 9.18 Å². The van der Waals surface area contributed by atoms with Gasteiger partial charge >= 0.3 is 0 Å². The number of hydrogen-bond acceptors (Lipinski definition) is 2. The molecule has 0 radical (unpaired) electrons. The molecule has 3 nitrogen and oxygen atoms in total. The summed E-state index contributed by atoms with van der Waals surface area (Å²) < 4.78 is 16.0. The number of halogens is 2. The molecule has 1 heterocycles. The predicted octanol–water partition coefficient (Wildman–Crippen LogP) is 4.00. The highest BCUT2D eigenvalue weighted by atomic mass is 79.9. The second-order valence-electron chi connectivity index (χ2n) is 4.46. The highest BCUT2D eigenvalue weighted by Crippen LogP contribution is 2.19. The minimum Gasteiger partial charge on any atom is -0.288 e. The summed E-state index contributed by atoms with van der Waals surface area (Å²) in [6.07, 6.45) is 3.04. The lowest BCUT2D eigenvalue weighted by Crippen LogP contribution is -2.03. The fourth-order valence-electron chi connectivity index (χ4n) is 1.99. The van der Waals surface area contributed by atoms with Crippen LogP contribution in [-0.2, 0) is 0 Å². The number of rotatable bonds is 3. The van der Waals surface area contributed by atoms with E-state index in [0.29, 0.717) is 10.0 Å². The van der Waals surface area contributed by atoms with Gasteiger partial charge in [-0.1, -0.05) is 34.1 Å². The second-order valence-corrected chi connectivity index (χ2v) is 5.38. The molecule has 0 fully saturated rings. The first-order valence-electron chi connectivity index (χ1n) is 6.25. The van der Waals surface area contributed by atoms with E-state index in [-0.39, 0.29) is 11.3 Å². The molecule has 0 aliphatic rings. The van der Waals surface area contributed by atoms with E-state index < -0.39 is 5.82 Å². The average Bonchev–Trinajstić information content (AvgIpc) is 2.97. The summed E-state index contributed by atoms with van der Waals surface area (Å²) in [5.41, 5.74) is 1.22. The van der Waals surface area contributed by atoms with Crippen LogP contribution in [0, 0.1) is 5.82 Å². The van der Waals surface area contributed by atoms with Crippen LogP contribution in [0.4, 0.5) is 4.39 Å². The van der Waals surface area contributed by atoms with Crippen molar-refractivity contribution in [2.75, 3.05) is 0 Å². The number of nitrogens with zero attached hydrogens (tertiary/aromatic N) is 2. The first-order chi connectivity index (χ1) is 10.1. The van der Waals surface area contributed by atoms with E-state index in [4.69, 9.17) is 0 Å². The zero-order valence-corrected chi connectivity index (χ0v) is 12.4. The molecule has 5 heteroatoms. The Kier molecular flexibility index (Phi) is 3.66. The first kappa shape index (κ1) is 13.7. The highest BCUT2D eigenvalue weighted by molar-refractivity contribution is 9.10. The largest absolute Gasteiger partial charge is 0.288 e. The van der Waals surface area contributed by atoms with Crippen molar-refractivity contribution >= 4 is 21.7 Å². The summed E-state index contributed by atoms with van der Waals surface area (Å²) in [5, 5.41) is 4.14. The molecular weight excluding hydrogens is 335 g/mol. The van der Waals surface area contributed by atoms with Gasteiger partial charge in [-0.05, 0) is 30.3 Å². The molecule has 0 bridgehead atoms. The minimum atomic E-state index is -0.554. The molecule has 0 aliphatic heterocycles. The Morgan fingerprint density at radius 2 is 1.90 bits per heavy atom. The molecule has 0 spiro atoms. The van der Waals surface area contributed by atoms with Gasteiger partial charge in [0, 0.05) is 10.7 Å². The van der Waals surface area contributed by atoms with Crippen LogP contribution in [0.1, 0.15) is 15.9 Å². The van der Waals surface area contributed by atoms with Gasteiger partial charge in [-0.15, -0.1) is 0 Å². The lowest BCUT2D eigenvalue weighted by atomic mass is 10.1. The average molecular weight is 345 g/mol. The number of carbonyl (C=O) groups excluding carboxylic acids is 1. The lowest BCUT2D eigenvalue weighted by molar-refractivity contribution is 0.103. The van der Waals surface area contributed by atoms with Crippen molar-refractivity contribution in [3.05, 3.63) is 82.3 Å². The molecule has 0 N–H and O–H groups in total. The van der Waals surface area contributed by atoms with E-state index in [1.807, 2.05) is 30.3 Å². The monoisotopic (exact) mass is 344 g/mol. The van der Waals surface area contributed by atoms with Gasteiger partial charge < -0.3 is 0 Å². The molecule has 0 saturated heterocycles. The van der Waals surface area contributed by atoms with Crippen molar-refractivity contribution in [3.8, 4) is 5.69 Å². The summed E-state index contributed by atoms with van der Waals surface area (Å²) >= 11 is 3.17. The van der Waals surface area contributed by atoms with E-state index in [1.54, 1.807) is 16.9 Å². The topological polar surface area (TPSA) is 34.9 Å². The summed E-state index contributed by atoms with van der Waals surface area (Å²) in [6, 6.07) is 13.8. The fourth-order valence-corrected chi connectivity index (χ4v) is 2.32. The Morgan fingerprint density at radius 3 is 2.62 bits per heavy atom. The third-order valence-corrected chi connectivity index (χ3v) is 3.53. The van der Waals surface area contributed by atoms with E-state index >= 15 is 0 Å². The standard InChI is InChI=1S/C16H10BrFN2O/c17-12-6-7-14(15(18)8-12)16(21)11-9-19-20(10-11)13-4-2-1-3-5-13/h1-10H. The molecule has 0 atom stereocenters. The number of benzene rings is 2. The molecule has 104 valence electrons. The minimum absolute atomic E-state index is 0.0332. The molecule has 0 aliphatic carbocycles. The van der Waals surface area contributed by atoms with E-state index in [1.165, 1.54) is 18.3 Å². The van der Waals surface area contributed by atoms with E-state index in [9.17, 15) is 9.18 Å². The summed E-state index contributed by atoms with van der Waals surface area (Å²) in [7, 11) is 0. The summed E-state index contributed by atoms with van der Waals surface area (Å²) in [6.45, 7) is 0. The van der Waals surface area contributed by atoms with Crippen LogP contribution < -0.4 is 0 Å². The normalized spacial score (nSPS) is 10.6. The molecule has 2 aromatic carbocycles. The number of aromatic nitrogens is 2. The third-order valence-electron chi connectivity index (χ3n) is 3.04. The summed E-state index contributed by atoms with van der Waals surface area (Å²) in [5.74, 6) is -0.941. The smallest absolute Gasteiger partial charge is 0.199 e. The number of carbonyl (C=O) groups is 1. The molecule has 0 amide bonds. The van der Waals surface area contributed by atoms with Crippen LogP contribution in [0.2, 0.25) is 0 Å². The Hall–Kier alpha value is -2.27. The van der Waals surface area contributed by atoms with Gasteiger partial charge in [0.2, 0.25) is 0 Å². The SMILES string of the molecule is O=C(c1cnn(-c2ccccc2)c1)c1ccc(Br)cc1F. The number of ketones is 1. The zero-order chi connectivity index (χ0) is 14.8. The van der Waals surface area contributed by atoms with Gasteiger partial charge in [-0.25, -0.2) is 9.07 Å². The van der Waals surface area contributed by atoms with Gasteiger partial charge in [0.05, 0.1) is 23.0 Å². The van der Waals surface area contributed by atoms with Crippen molar-refractivity contribution in [3.63, 3.8) is 0 Å². The van der Waals surface area contributed by atoms with Crippen LogP contribution >= 0.6 is 15.9 Å². The molecule has 0 unspecified atom stereocenters. The van der Waals surface area contributed by atoms with Crippen LogP contribution in [-0.4, -0.2) is 15.6 Å². The van der Waals surface area contributed by atoms with Crippen LogP contribution in [0.3, 0.4) is 0 Å². The first-order valence-corrected chi connectivity index (χ1v) is 7.04. The lowest BCUT2D eigenvalue weighted by Gasteiger charge is -2.01. The molecule has 0 saturated carbocycles. The molecule has 3 aromatic rings. The Morgan fingerprint density at radius 1 is 1.14 bits per heavy atom. The predicted molar refractivity (Wildman–Crippen MR) is 81.1 cm³/mol. The van der Waals surface area contributed by atoms with E-state index in [2.05, 4.69) is 21.0 Å². The quantitative estimate of drug-likeness (QED) is 0.673. The molecule has 3 rings (SSSR count). The fraction of sp³-hybridized carbons (Fsp3) is 0.